The molecular formula is C15H21N3O2. The molecule has 3 rings (SSSR count). The Morgan fingerprint density at radius 1 is 1.15 bits per heavy atom. The molecule has 2 aliphatic rings. The van der Waals surface area contributed by atoms with E-state index in [0.717, 1.165) is 26.2 Å². The number of hydrogen-bond acceptors (Lipinski definition) is 4. The van der Waals surface area contributed by atoms with Gasteiger partial charge in [0.1, 0.15) is 6.10 Å². The Hall–Kier alpha value is -1.43. The largest absolute Gasteiger partial charge is 0.366 e. The molecule has 0 saturated carbocycles. The molecule has 2 atom stereocenters. The molecule has 2 N–H and O–H groups in total. The lowest BCUT2D eigenvalue weighted by atomic mass is 10.0. The Kier molecular flexibility index (Phi) is 4.30. The Labute approximate surface area is 119 Å². The zero-order valence-corrected chi connectivity index (χ0v) is 11.5. The van der Waals surface area contributed by atoms with Crippen LogP contribution in [0.3, 0.4) is 0 Å². The number of carbonyl (C=O) groups is 1. The summed E-state index contributed by atoms with van der Waals surface area (Å²) in [6.07, 6.45) is -0.340. The monoisotopic (exact) mass is 275 g/mol. The van der Waals surface area contributed by atoms with Gasteiger partial charge in [0, 0.05) is 32.7 Å². The molecule has 108 valence electrons. The van der Waals surface area contributed by atoms with Gasteiger partial charge in [-0.25, -0.2) is 0 Å². The molecule has 2 unspecified atom stereocenters. The van der Waals surface area contributed by atoms with Crippen LogP contribution in [0.25, 0.3) is 0 Å². The lowest BCUT2D eigenvalue weighted by Crippen LogP contribution is -2.55. The fourth-order valence-corrected chi connectivity index (χ4v) is 2.85. The van der Waals surface area contributed by atoms with Crippen molar-refractivity contribution < 1.29 is 9.53 Å². The summed E-state index contributed by atoms with van der Waals surface area (Å²) in [5, 5.41) is 6.59. The van der Waals surface area contributed by atoms with Crippen LogP contribution in [0, 0.1) is 0 Å². The maximum absolute atomic E-state index is 12.7. The average Bonchev–Trinajstić information content (AvgIpc) is 2.56. The first kappa shape index (κ1) is 13.5. The second kappa shape index (κ2) is 6.35. The lowest BCUT2D eigenvalue weighted by Gasteiger charge is -2.39. The predicted octanol–water partition coefficient (Wildman–Crippen LogP) is 0.148. The summed E-state index contributed by atoms with van der Waals surface area (Å²) < 4.78 is 5.60. The highest BCUT2D eigenvalue weighted by Crippen LogP contribution is 2.23. The Bertz CT molecular complexity index is 446. The van der Waals surface area contributed by atoms with Crippen molar-refractivity contribution in [3.05, 3.63) is 35.9 Å². The van der Waals surface area contributed by atoms with Gasteiger partial charge in [-0.3, -0.25) is 4.79 Å². The van der Waals surface area contributed by atoms with Crippen molar-refractivity contribution in [1.29, 1.82) is 0 Å². The van der Waals surface area contributed by atoms with Crippen LogP contribution >= 0.6 is 0 Å². The number of hydrogen-bond donors (Lipinski definition) is 2. The molecule has 0 radical (unpaired) electrons. The first-order valence-corrected chi connectivity index (χ1v) is 7.25. The summed E-state index contributed by atoms with van der Waals surface area (Å²) in [4.78, 5) is 14.6. The van der Waals surface area contributed by atoms with Gasteiger partial charge < -0.3 is 20.3 Å². The van der Waals surface area contributed by atoms with E-state index in [-0.39, 0.29) is 18.1 Å². The number of rotatable bonds is 2. The Morgan fingerprint density at radius 3 is 2.70 bits per heavy atom. The molecule has 0 aromatic heterocycles. The minimum atomic E-state index is -0.340. The van der Waals surface area contributed by atoms with Gasteiger partial charge in [0.2, 0.25) is 0 Å². The molecule has 2 aliphatic heterocycles. The minimum Gasteiger partial charge on any atom is -0.366 e. The van der Waals surface area contributed by atoms with Gasteiger partial charge in [-0.2, -0.15) is 0 Å². The van der Waals surface area contributed by atoms with E-state index in [1.807, 2.05) is 23.1 Å². The molecular weight excluding hydrogens is 254 g/mol. The van der Waals surface area contributed by atoms with Crippen molar-refractivity contribution >= 4 is 5.91 Å². The van der Waals surface area contributed by atoms with Crippen molar-refractivity contribution in [2.45, 2.75) is 12.1 Å². The normalized spacial score (nSPS) is 27.3. The highest BCUT2D eigenvalue weighted by atomic mass is 16.5. The van der Waals surface area contributed by atoms with Gasteiger partial charge in [0.15, 0.2) is 0 Å². The van der Waals surface area contributed by atoms with E-state index in [1.165, 1.54) is 5.56 Å². The number of benzene rings is 1. The molecule has 0 spiro atoms. The van der Waals surface area contributed by atoms with Crippen LogP contribution in [0.2, 0.25) is 0 Å². The van der Waals surface area contributed by atoms with E-state index >= 15 is 0 Å². The first-order chi connectivity index (χ1) is 9.86. The summed E-state index contributed by atoms with van der Waals surface area (Å²) in [7, 11) is 0. The van der Waals surface area contributed by atoms with Gasteiger partial charge in [0.25, 0.3) is 5.91 Å². The summed E-state index contributed by atoms with van der Waals surface area (Å²) in [5.41, 5.74) is 1.18. The third-order valence-electron chi connectivity index (χ3n) is 3.91. The maximum atomic E-state index is 12.7. The van der Waals surface area contributed by atoms with E-state index in [0.29, 0.717) is 13.2 Å². The molecule has 2 heterocycles. The zero-order chi connectivity index (χ0) is 13.8. The molecule has 1 amide bonds. The fraction of sp³-hybridized carbons (Fsp3) is 0.533. The van der Waals surface area contributed by atoms with Crippen LogP contribution in [-0.2, 0) is 9.53 Å². The molecule has 0 aliphatic carbocycles. The predicted molar refractivity (Wildman–Crippen MR) is 76.4 cm³/mol. The van der Waals surface area contributed by atoms with E-state index in [1.54, 1.807) is 0 Å². The van der Waals surface area contributed by atoms with Gasteiger partial charge in [-0.05, 0) is 5.56 Å². The van der Waals surface area contributed by atoms with E-state index in [4.69, 9.17) is 4.74 Å². The molecule has 5 nitrogen and oxygen atoms in total. The average molecular weight is 275 g/mol. The fourth-order valence-electron chi connectivity index (χ4n) is 2.85. The molecule has 5 heteroatoms. The molecule has 0 bridgehead atoms. The maximum Gasteiger partial charge on any atom is 0.253 e. The second-order valence-electron chi connectivity index (χ2n) is 5.23. The number of ether oxygens (including phenoxy) is 1. The highest BCUT2D eigenvalue weighted by Gasteiger charge is 2.33. The number of nitrogens with one attached hydrogen (secondary N) is 2. The van der Waals surface area contributed by atoms with E-state index in [2.05, 4.69) is 22.8 Å². The number of morpholine rings is 1. The summed E-state index contributed by atoms with van der Waals surface area (Å²) in [5.74, 6) is 0.104. The first-order valence-electron chi connectivity index (χ1n) is 7.25. The minimum absolute atomic E-state index is 0.1000. The quantitative estimate of drug-likeness (QED) is 0.806. The third kappa shape index (κ3) is 2.85. The lowest BCUT2D eigenvalue weighted by molar-refractivity contribution is -0.148. The summed E-state index contributed by atoms with van der Waals surface area (Å²) >= 11 is 0. The molecule has 2 saturated heterocycles. The van der Waals surface area contributed by atoms with Crippen molar-refractivity contribution in [3.63, 3.8) is 0 Å². The molecule has 1 aromatic carbocycles. The second-order valence-corrected chi connectivity index (χ2v) is 5.23. The highest BCUT2D eigenvalue weighted by molar-refractivity contribution is 5.82. The SMILES string of the molecule is O=C(C1CNCCO1)N1CCNCC1c1ccccc1. The summed E-state index contributed by atoms with van der Waals surface area (Å²) in [6.45, 7) is 4.43. The number of carbonyl (C=O) groups excluding carboxylic acids is 1. The zero-order valence-electron chi connectivity index (χ0n) is 11.5. The Morgan fingerprint density at radius 2 is 1.95 bits per heavy atom. The van der Waals surface area contributed by atoms with Gasteiger partial charge in [0.05, 0.1) is 12.6 Å². The number of piperazine rings is 1. The van der Waals surface area contributed by atoms with E-state index < -0.39 is 0 Å². The van der Waals surface area contributed by atoms with Crippen molar-refractivity contribution in [3.8, 4) is 0 Å². The number of nitrogens with zero attached hydrogens (tertiary/aromatic N) is 1. The molecule has 20 heavy (non-hydrogen) atoms. The smallest absolute Gasteiger partial charge is 0.253 e. The van der Waals surface area contributed by atoms with Gasteiger partial charge >= 0.3 is 0 Å². The van der Waals surface area contributed by atoms with E-state index in [9.17, 15) is 4.79 Å². The molecule has 1 aromatic rings. The van der Waals surface area contributed by atoms with Crippen molar-refractivity contribution in [2.24, 2.45) is 0 Å². The van der Waals surface area contributed by atoms with Crippen LogP contribution in [0.1, 0.15) is 11.6 Å². The van der Waals surface area contributed by atoms with Gasteiger partial charge in [-0.15, -0.1) is 0 Å². The van der Waals surface area contributed by atoms with Crippen LogP contribution < -0.4 is 10.6 Å². The molecule has 2 fully saturated rings. The number of amides is 1. The van der Waals surface area contributed by atoms with Crippen LogP contribution in [0.4, 0.5) is 0 Å². The summed E-state index contributed by atoms with van der Waals surface area (Å²) in [6, 6.07) is 10.3. The standard InChI is InChI=1S/C15H21N3O2/c19-15(14-11-17-7-9-20-14)18-8-6-16-10-13(18)12-4-2-1-3-5-12/h1-5,13-14,16-17H,6-11H2. The van der Waals surface area contributed by atoms with Crippen molar-refractivity contribution in [1.82, 2.24) is 15.5 Å². The van der Waals surface area contributed by atoms with Crippen LogP contribution in [0.5, 0.6) is 0 Å². The Balaban J connectivity index is 1.76. The topological polar surface area (TPSA) is 53.6 Å². The van der Waals surface area contributed by atoms with Crippen LogP contribution in [-0.4, -0.2) is 56.2 Å². The van der Waals surface area contributed by atoms with Crippen LogP contribution in [0.15, 0.2) is 30.3 Å². The van der Waals surface area contributed by atoms with Gasteiger partial charge in [-0.1, -0.05) is 30.3 Å². The third-order valence-corrected chi connectivity index (χ3v) is 3.91. The van der Waals surface area contributed by atoms with Crippen molar-refractivity contribution in [2.75, 3.05) is 39.3 Å².